The van der Waals surface area contributed by atoms with E-state index in [2.05, 4.69) is 20.3 Å². The van der Waals surface area contributed by atoms with Crippen LogP contribution in [0.15, 0.2) is 36.5 Å². The largest absolute Gasteiger partial charge is 0.486 e. The number of rotatable bonds is 7. The maximum atomic E-state index is 14.8. The number of hydrogen-bond donors (Lipinski definition) is 3. The molecule has 59 heavy (non-hydrogen) atoms. The van der Waals surface area contributed by atoms with Gasteiger partial charge in [0.05, 0.1) is 11.3 Å². The van der Waals surface area contributed by atoms with Crippen LogP contribution in [0.5, 0.6) is 17.4 Å². The molecule has 0 spiro atoms. The molecule has 0 radical (unpaired) electrons. The molecule has 1 aromatic heterocycles. The van der Waals surface area contributed by atoms with Crippen molar-refractivity contribution < 1.29 is 59.7 Å². The molecule has 0 bridgehead atoms. The van der Waals surface area contributed by atoms with Crippen molar-refractivity contribution in [1.29, 1.82) is 0 Å². The van der Waals surface area contributed by atoms with Crippen LogP contribution in [0.4, 0.5) is 18.0 Å². The summed E-state index contributed by atoms with van der Waals surface area (Å²) in [6.07, 6.45) is 0.108. The lowest BCUT2D eigenvalue weighted by Crippen LogP contribution is -2.59. The summed E-state index contributed by atoms with van der Waals surface area (Å²) in [6.45, 7) is 7.02. The van der Waals surface area contributed by atoms with Crippen molar-refractivity contribution in [2.45, 2.75) is 120 Å². The summed E-state index contributed by atoms with van der Waals surface area (Å²) in [4.78, 5) is 62.0. The number of aromatic nitrogens is 1. The van der Waals surface area contributed by atoms with E-state index in [1.807, 2.05) is 13.0 Å². The van der Waals surface area contributed by atoms with Crippen LogP contribution in [0.25, 0.3) is 10.8 Å². The molecule has 7 rings (SSSR count). The van der Waals surface area contributed by atoms with Gasteiger partial charge in [-0.25, -0.2) is 18.2 Å². The maximum Gasteiger partial charge on any atom is 0.427 e. The van der Waals surface area contributed by atoms with Crippen LogP contribution in [-0.4, -0.2) is 102 Å². The lowest BCUT2D eigenvalue weighted by molar-refractivity contribution is -0.244. The average Bonchev–Trinajstić information content (AvgIpc) is 4.04. The number of pyridine rings is 1. The van der Waals surface area contributed by atoms with Crippen LogP contribution in [-0.2, 0) is 29.1 Å². The molecule has 7 atom stereocenters. The van der Waals surface area contributed by atoms with Gasteiger partial charge in [0.15, 0.2) is 11.5 Å². The molecule has 3 aliphatic heterocycles. The van der Waals surface area contributed by atoms with E-state index in [9.17, 15) is 40.8 Å². The highest BCUT2D eigenvalue weighted by Crippen LogP contribution is 2.48. The number of carbonyl (C=O) groups is 4. The molecule has 322 valence electrons. The summed E-state index contributed by atoms with van der Waals surface area (Å²) in [5.41, 5.74) is -4.54. The fourth-order valence-corrected chi connectivity index (χ4v) is 9.35. The highest BCUT2D eigenvalue weighted by atomic mass is 32.2. The molecule has 1 aromatic carbocycles. The molecule has 2 aliphatic carbocycles. The predicted octanol–water partition coefficient (Wildman–Crippen LogP) is 4.68. The van der Waals surface area contributed by atoms with Crippen molar-refractivity contribution in [2.75, 3.05) is 19.8 Å². The second kappa shape index (κ2) is 15.3. The van der Waals surface area contributed by atoms with Crippen molar-refractivity contribution in [3.8, 4) is 17.4 Å². The van der Waals surface area contributed by atoms with E-state index >= 15 is 0 Å². The summed E-state index contributed by atoms with van der Waals surface area (Å²) < 4.78 is 91.6. The number of halogens is 3. The Kier molecular flexibility index (Phi) is 11.0. The molecule has 1 saturated heterocycles. The van der Waals surface area contributed by atoms with Crippen molar-refractivity contribution in [1.82, 2.24) is 25.2 Å². The van der Waals surface area contributed by atoms with E-state index < -0.39 is 85.9 Å². The quantitative estimate of drug-likeness (QED) is 0.328. The standard InChI is InChI=1S/C40H50F3N5O10S/c1-22-8-6-7-9-24-20-39(24,35(51)47-59(53,54)38(5)13-14-38)46-32(49)28-19-25(57-33-27-10-11-29-31(56-17-16-55-29)26(27)12-15-44-33)21-48(28)34(50)30(23(2)18-22)45-36(52)58-37(3,4)40(41,42)43/h7,9-12,15,22-25,28,30H,6,8,13-14,16-21H2,1-5H3,(H,45,52)(H,46,49)(H,47,51)/b9-7-/t22-,23+,24+,25?,28-,30-,39+/m0/s1. The molecular weight excluding hydrogens is 800 g/mol. The van der Waals surface area contributed by atoms with Crippen LogP contribution < -0.4 is 29.6 Å². The Hall–Kier alpha value is -4.81. The molecule has 15 nitrogen and oxygen atoms in total. The average molecular weight is 850 g/mol. The topological polar surface area (TPSA) is 192 Å². The Morgan fingerprint density at radius 3 is 2.49 bits per heavy atom. The predicted molar refractivity (Wildman–Crippen MR) is 206 cm³/mol. The van der Waals surface area contributed by atoms with Crippen molar-refractivity contribution >= 4 is 44.6 Å². The second-order valence-electron chi connectivity index (χ2n) is 17.3. The summed E-state index contributed by atoms with van der Waals surface area (Å²) in [5.74, 6) is -2.50. The Morgan fingerprint density at radius 1 is 1.05 bits per heavy atom. The molecule has 4 heterocycles. The first-order chi connectivity index (χ1) is 27.6. The van der Waals surface area contributed by atoms with Gasteiger partial charge in [0, 0.05) is 29.3 Å². The van der Waals surface area contributed by atoms with Gasteiger partial charge in [0.25, 0.3) is 5.91 Å². The number of carbonyl (C=O) groups excluding carboxylic acids is 4. The van der Waals surface area contributed by atoms with Crippen LogP contribution in [0, 0.1) is 17.8 Å². The van der Waals surface area contributed by atoms with Gasteiger partial charge in [-0.05, 0) is 89.3 Å². The molecule has 3 fully saturated rings. The molecule has 2 saturated carbocycles. The van der Waals surface area contributed by atoms with Crippen LogP contribution >= 0.6 is 0 Å². The normalized spacial score (nSPS) is 30.1. The van der Waals surface area contributed by atoms with Crippen molar-refractivity contribution in [3.05, 3.63) is 36.5 Å². The van der Waals surface area contributed by atoms with Gasteiger partial charge in [-0.2, -0.15) is 13.2 Å². The Balaban J connectivity index is 1.23. The summed E-state index contributed by atoms with van der Waals surface area (Å²) in [7, 11) is -4.08. The van der Waals surface area contributed by atoms with E-state index in [-0.39, 0.29) is 31.2 Å². The molecule has 5 aliphatic rings. The van der Waals surface area contributed by atoms with Gasteiger partial charge < -0.3 is 34.5 Å². The van der Waals surface area contributed by atoms with E-state index in [0.717, 1.165) is 0 Å². The maximum absolute atomic E-state index is 14.8. The first-order valence-corrected chi connectivity index (χ1v) is 21.4. The summed E-state index contributed by atoms with van der Waals surface area (Å²) in [6, 6.07) is 2.42. The number of nitrogens with one attached hydrogen (secondary N) is 3. The SMILES string of the molecule is C[C@H]1CC/C=C\[C@@H]2C[C@@]2(C(=O)NS(=O)(=O)C2(C)CC2)NC(=O)[C@@H]2CC(Oc3nccc4c5c(ccc34)OCCO5)CN2C(=O)[C@@H](NC(=O)OC(C)(C)C(F)(F)F)[C@H](C)C1. The zero-order chi connectivity index (χ0) is 42.7. The number of ether oxygens (including phenoxy) is 4. The van der Waals surface area contributed by atoms with E-state index in [4.69, 9.17) is 18.9 Å². The van der Waals surface area contributed by atoms with Gasteiger partial charge in [-0.1, -0.05) is 26.0 Å². The number of allylic oxidation sites excluding steroid dienone is 1. The van der Waals surface area contributed by atoms with Crippen molar-refractivity contribution in [2.24, 2.45) is 17.8 Å². The first kappa shape index (κ1) is 42.3. The van der Waals surface area contributed by atoms with Gasteiger partial charge in [-0.3, -0.25) is 19.1 Å². The van der Waals surface area contributed by atoms with Crippen LogP contribution in [0.2, 0.25) is 0 Å². The highest BCUT2D eigenvalue weighted by Gasteiger charge is 2.63. The minimum absolute atomic E-state index is 0.0426. The third-order valence-corrected chi connectivity index (χ3v) is 14.4. The summed E-state index contributed by atoms with van der Waals surface area (Å²) >= 11 is 0. The van der Waals surface area contributed by atoms with E-state index in [1.54, 1.807) is 31.2 Å². The first-order valence-electron chi connectivity index (χ1n) is 19.9. The van der Waals surface area contributed by atoms with E-state index in [1.165, 1.54) is 18.0 Å². The molecule has 4 amide bonds. The van der Waals surface area contributed by atoms with Gasteiger partial charge in [-0.15, -0.1) is 0 Å². The Morgan fingerprint density at radius 2 is 1.78 bits per heavy atom. The van der Waals surface area contributed by atoms with Crippen LogP contribution in [0.1, 0.15) is 79.6 Å². The Labute approximate surface area is 340 Å². The highest BCUT2D eigenvalue weighted by molar-refractivity contribution is 7.91. The lowest BCUT2D eigenvalue weighted by atomic mass is 9.88. The fourth-order valence-electron chi connectivity index (χ4n) is 8.03. The minimum Gasteiger partial charge on any atom is -0.486 e. The second-order valence-corrected chi connectivity index (χ2v) is 19.5. The summed E-state index contributed by atoms with van der Waals surface area (Å²) in [5, 5.41) is 6.39. The van der Waals surface area contributed by atoms with E-state index in [0.29, 0.717) is 81.4 Å². The number of fused-ring (bicyclic) bond motifs is 5. The number of alkyl halides is 3. The third kappa shape index (κ3) is 8.35. The number of hydrogen-bond acceptors (Lipinski definition) is 11. The molecule has 19 heteroatoms. The number of sulfonamides is 1. The molecular formula is C40H50F3N5O10S. The van der Waals surface area contributed by atoms with Gasteiger partial charge >= 0.3 is 12.3 Å². The number of alkyl carbamates (subject to hydrolysis) is 1. The smallest absolute Gasteiger partial charge is 0.427 e. The number of nitrogens with zero attached hydrogens (tertiary/aromatic N) is 2. The van der Waals surface area contributed by atoms with Crippen LogP contribution in [0.3, 0.4) is 0 Å². The Bertz CT molecular complexity index is 2160. The minimum atomic E-state index is -4.92. The molecule has 3 N–H and O–H groups in total. The third-order valence-electron chi connectivity index (χ3n) is 12.2. The molecule has 2 aromatic rings. The fraction of sp³-hybridized carbons (Fsp3) is 0.625. The van der Waals surface area contributed by atoms with Crippen molar-refractivity contribution in [3.63, 3.8) is 0 Å². The lowest BCUT2D eigenvalue weighted by Gasteiger charge is -2.34. The van der Waals surface area contributed by atoms with Gasteiger partial charge in [0.1, 0.15) is 36.9 Å². The van der Waals surface area contributed by atoms with Gasteiger partial charge in [0.2, 0.25) is 33.3 Å². The number of benzene rings is 1. The molecule has 1 unspecified atom stereocenters. The zero-order valence-corrected chi connectivity index (χ0v) is 34.3. The zero-order valence-electron chi connectivity index (χ0n) is 33.5. The number of amides is 4. The monoisotopic (exact) mass is 849 g/mol.